The van der Waals surface area contributed by atoms with Crippen molar-refractivity contribution in [2.24, 2.45) is 0 Å². The standard InChI is InChI=1S/C14H20N2O5/c1-3-20-9-8-13(17)15-16-14(18)10-21-12-7-5-4-6-11(12)19-2/h4-7H,3,8-10H2,1-2H3,(H,15,17)(H,16,18). The highest BCUT2D eigenvalue weighted by Crippen LogP contribution is 2.25. The maximum absolute atomic E-state index is 11.5. The largest absolute Gasteiger partial charge is 0.493 e. The second-order valence-corrected chi connectivity index (χ2v) is 3.98. The van der Waals surface area contributed by atoms with Crippen LogP contribution in [0.15, 0.2) is 24.3 Å². The Labute approximate surface area is 123 Å². The van der Waals surface area contributed by atoms with E-state index in [2.05, 4.69) is 10.9 Å². The zero-order chi connectivity index (χ0) is 15.5. The molecule has 1 rings (SSSR count). The average Bonchev–Trinajstić information content (AvgIpc) is 2.51. The van der Waals surface area contributed by atoms with E-state index in [4.69, 9.17) is 14.2 Å². The summed E-state index contributed by atoms with van der Waals surface area (Å²) in [6.45, 7) is 2.48. The van der Waals surface area contributed by atoms with Crippen molar-refractivity contribution >= 4 is 11.8 Å². The van der Waals surface area contributed by atoms with Gasteiger partial charge in [0.2, 0.25) is 5.91 Å². The van der Waals surface area contributed by atoms with Crippen molar-refractivity contribution in [2.75, 3.05) is 26.9 Å². The lowest BCUT2D eigenvalue weighted by Gasteiger charge is -2.11. The number of hydrazine groups is 1. The van der Waals surface area contributed by atoms with Gasteiger partial charge < -0.3 is 14.2 Å². The highest BCUT2D eigenvalue weighted by Gasteiger charge is 2.08. The maximum atomic E-state index is 11.5. The SMILES string of the molecule is CCOCCC(=O)NNC(=O)COc1ccccc1OC. The van der Waals surface area contributed by atoms with Crippen molar-refractivity contribution in [3.05, 3.63) is 24.3 Å². The number of amides is 2. The number of carbonyl (C=O) groups is 2. The minimum Gasteiger partial charge on any atom is -0.493 e. The fourth-order valence-corrected chi connectivity index (χ4v) is 1.43. The maximum Gasteiger partial charge on any atom is 0.276 e. The van der Waals surface area contributed by atoms with Crippen LogP contribution in [0.5, 0.6) is 11.5 Å². The summed E-state index contributed by atoms with van der Waals surface area (Å²) in [7, 11) is 1.51. The number of hydrogen-bond donors (Lipinski definition) is 2. The van der Waals surface area contributed by atoms with E-state index in [1.165, 1.54) is 7.11 Å². The second-order valence-electron chi connectivity index (χ2n) is 3.98. The predicted octanol–water partition coefficient (Wildman–Crippen LogP) is 0.648. The Morgan fingerprint density at radius 3 is 2.43 bits per heavy atom. The van der Waals surface area contributed by atoms with Crippen LogP contribution < -0.4 is 20.3 Å². The van der Waals surface area contributed by atoms with Crippen LogP contribution in [0.4, 0.5) is 0 Å². The molecule has 0 saturated heterocycles. The van der Waals surface area contributed by atoms with Gasteiger partial charge in [0, 0.05) is 6.61 Å². The molecule has 0 radical (unpaired) electrons. The van der Waals surface area contributed by atoms with Crippen molar-refractivity contribution in [1.82, 2.24) is 10.9 Å². The Kier molecular flexibility index (Phi) is 7.67. The van der Waals surface area contributed by atoms with Gasteiger partial charge >= 0.3 is 0 Å². The van der Waals surface area contributed by atoms with Gasteiger partial charge in [0.15, 0.2) is 18.1 Å². The molecule has 2 N–H and O–H groups in total. The van der Waals surface area contributed by atoms with Crippen molar-refractivity contribution < 1.29 is 23.8 Å². The topological polar surface area (TPSA) is 85.9 Å². The first-order chi connectivity index (χ1) is 10.2. The molecule has 0 aliphatic heterocycles. The average molecular weight is 296 g/mol. The van der Waals surface area contributed by atoms with Crippen molar-refractivity contribution in [3.8, 4) is 11.5 Å². The van der Waals surface area contributed by atoms with Gasteiger partial charge in [0.25, 0.3) is 5.91 Å². The van der Waals surface area contributed by atoms with Gasteiger partial charge in [-0.25, -0.2) is 0 Å². The Hall–Kier alpha value is -2.28. The molecule has 21 heavy (non-hydrogen) atoms. The lowest BCUT2D eigenvalue weighted by atomic mass is 10.3. The molecule has 0 saturated carbocycles. The first-order valence-corrected chi connectivity index (χ1v) is 6.58. The normalized spacial score (nSPS) is 9.81. The summed E-state index contributed by atoms with van der Waals surface area (Å²) >= 11 is 0. The number of para-hydroxylation sites is 2. The van der Waals surface area contributed by atoms with E-state index < -0.39 is 5.91 Å². The smallest absolute Gasteiger partial charge is 0.276 e. The number of nitrogens with one attached hydrogen (secondary N) is 2. The molecule has 0 atom stereocenters. The van der Waals surface area contributed by atoms with Crippen LogP contribution in [0.2, 0.25) is 0 Å². The summed E-state index contributed by atoms with van der Waals surface area (Å²) in [6.07, 6.45) is 0.182. The molecular formula is C14H20N2O5. The molecule has 0 heterocycles. The third kappa shape index (κ3) is 6.62. The molecule has 2 amide bonds. The molecule has 0 spiro atoms. The van der Waals surface area contributed by atoms with E-state index in [0.29, 0.717) is 24.7 Å². The fraction of sp³-hybridized carbons (Fsp3) is 0.429. The van der Waals surface area contributed by atoms with E-state index in [-0.39, 0.29) is 18.9 Å². The summed E-state index contributed by atoms with van der Waals surface area (Å²) in [6, 6.07) is 6.98. The molecule has 116 valence electrons. The molecule has 0 bridgehead atoms. The van der Waals surface area contributed by atoms with Crippen LogP contribution in [0.3, 0.4) is 0 Å². The van der Waals surface area contributed by atoms with E-state index in [1.54, 1.807) is 24.3 Å². The minimum absolute atomic E-state index is 0.182. The number of rotatable bonds is 8. The Balaban J connectivity index is 2.26. The van der Waals surface area contributed by atoms with Crippen molar-refractivity contribution in [3.63, 3.8) is 0 Å². The fourth-order valence-electron chi connectivity index (χ4n) is 1.43. The molecule has 7 heteroatoms. The van der Waals surface area contributed by atoms with Crippen LogP contribution in [0, 0.1) is 0 Å². The summed E-state index contributed by atoms with van der Waals surface area (Å²) in [5.74, 6) is 0.198. The molecule has 1 aromatic rings. The molecule has 0 unspecified atom stereocenters. The zero-order valence-electron chi connectivity index (χ0n) is 12.2. The minimum atomic E-state index is -0.467. The Bertz CT molecular complexity index is 464. The third-order valence-electron chi connectivity index (χ3n) is 2.45. The van der Waals surface area contributed by atoms with E-state index in [1.807, 2.05) is 6.92 Å². The molecule has 0 aromatic heterocycles. The van der Waals surface area contributed by atoms with Crippen LogP contribution >= 0.6 is 0 Å². The highest BCUT2D eigenvalue weighted by atomic mass is 16.5. The summed E-state index contributed by atoms with van der Waals surface area (Å²) in [5.41, 5.74) is 4.53. The first-order valence-electron chi connectivity index (χ1n) is 6.58. The summed E-state index contributed by atoms with van der Waals surface area (Å²) < 4.78 is 15.4. The molecule has 1 aromatic carbocycles. The van der Waals surface area contributed by atoms with E-state index in [9.17, 15) is 9.59 Å². The quantitative estimate of drug-likeness (QED) is 0.543. The van der Waals surface area contributed by atoms with Gasteiger partial charge in [-0.3, -0.25) is 20.4 Å². The Morgan fingerprint density at radius 1 is 1.10 bits per heavy atom. The number of carbonyl (C=O) groups excluding carboxylic acids is 2. The number of methoxy groups -OCH3 is 1. The zero-order valence-corrected chi connectivity index (χ0v) is 12.2. The Morgan fingerprint density at radius 2 is 1.76 bits per heavy atom. The van der Waals surface area contributed by atoms with Crippen LogP contribution in [0.25, 0.3) is 0 Å². The van der Waals surface area contributed by atoms with Gasteiger partial charge in [-0.1, -0.05) is 12.1 Å². The van der Waals surface area contributed by atoms with Gasteiger partial charge in [-0.05, 0) is 19.1 Å². The van der Waals surface area contributed by atoms with E-state index in [0.717, 1.165) is 0 Å². The number of benzene rings is 1. The number of hydrogen-bond acceptors (Lipinski definition) is 5. The summed E-state index contributed by atoms with van der Waals surface area (Å²) in [5, 5.41) is 0. The van der Waals surface area contributed by atoms with Gasteiger partial charge in [0.1, 0.15) is 0 Å². The van der Waals surface area contributed by atoms with Gasteiger partial charge in [0.05, 0.1) is 20.1 Å². The molecular weight excluding hydrogens is 276 g/mol. The van der Waals surface area contributed by atoms with Gasteiger partial charge in [-0.2, -0.15) is 0 Å². The monoisotopic (exact) mass is 296 g/mol. The van der Waals surface area contributed by atoms with E-state index >= 15 is 0 Å². The third-order valence-corrected chi connectivity index (χ3v) is 2.45. The lowest BCUT2D eigenvalue weighted by Crippen LogP contribution is -2.44. The van der Waals surface area contributed by atoms with Crippen molar-refractivity contribution in [1.29, 1.82) is 0 Å². The van der Waals surface area contributed by atoms with Crippen LogP contribution in [0.1, 0.15) is 13.3 Å². The lowest BCUT2D eigenvalue weighted by molar-refractivity contribution is -0.130. The second kappa shape index (κ2) is 9.60. The summed E-state index contributed by atoms with van der Waals surface area (Å²) in [4.78, 5) is 22.9. The molecule has 0 aliphatic carbocycles. The van der Waals surface area contributed by atoms with Gasteiger partial charge in [-0.15, -0.1) is 0 Å². The molecule has 0 aliphatic rings. The van der Waals surface area contributed by atoms with Crippen molar-refractivity contribution in [2.45, 2.75) is 13.3 Å². The predicted molar refractivity (Wildman–Crippen MR) is 75.9 cm³/mol. The molecule has 7 nitrogen and oxygen atoms in total. The molecule has 0 fully saturated rings. The number of ether oxygens (including phenoxy) is 3. The highest BCUT2D eigenvalue weighted by molar-refractivity contribution is 5.82. The first kappa shape index (κ1) is 16.8. The van der Waals surface area contributed by atoms with Crippen LogP contribution in [-0.2, 0) is 14.3 Å². The van der Waals surface area contributed by atoms with Crippen LogP contribution in [-0.4, -0.2) is 38.7 Å².